The summed E-state index contributed by atoms with van der Waals surface area (Å²) in [7, 11) is 0. The molecule has 0 bridgehead atoms. The van der Waals surface area contributed by atoms with Crippen LogP contribution in [0.25, 0.3) is 5.65 Å². The lowest BCUT2D eigenvalue weighted by Crippen LogP contribution is -2.24. The van der Waals surface area contributed by atoms with Crippen molar-refractivity contribution < 1.29 is 0 Å². The fraction of sp³-hybridized carbons (Fsp3) is 0.571. The van der Waals surface area contributed by atoms with Gasteiger partial charge in [-0.15, -0.1) is 0 Å². The van der Waals surface area contributed by atoms with Crippen molar-refractivity contribution in [2.75, 3.05) is 6.54 Å². The van der Waals surface area contributed by atoms with Gasteiger partial charge in [0.2, 0.25) is 0 Å². The summed E-state index contributed by atoms with van der Waals surface area (Å²) in [5, 5.41) is 3.59. The molecule has 1 aliphatic rings. The summed E-state index contributed by atoms with van der Waals surface area (Å²) in [6, 6.07) is 0. The topological polar surface area (TPSA) is 42.2 Å². The molecule has 0 amide bonds. The first-order valence-electron chi connectivity index (χ1n) is 6.91. The highest BCUT2D eigenvalue weighted by Crippen LogP contribution is 2.48. The zero-order valence-electron chi connectivity index (χ0n) is 11.2. The Hall–Kier alpha value is -0.940. The van der Waals surface area contributed by atoms with Crippen molar-refractivity contribution in [3.05, 3.63) is 28.9 Å². The molecule has 5 heteroatoms. The molecule has 0 radical (unpaired) electrons. The van der Waals surface area contributed by atoms with Crippen molar-refractivity contribution in [2.45, 2.75) is 39.2 Å². The number of hydrogen-bond acceptors (Lipinski definition) is 3. The molecule has 1 saturated carbocycles. The maximum absolute atomic E-state index is 4.37. The Labute approximate surface area is 121 Å². The third-order valence-corrected chi connectivity index (χ3v) is 4.39. The molecule has 1 N–H and O–H groups in total. The lowest BCUT2D eigenvalue weighted by atomic mass is 10.0. The van der Waals surface area contributed by atoms with Crippen LogP contribution in [0, 0.1) is 5.41 Å². The lowest BCUT2D eigenvalue weighted by Gasteiger charge is -2.14. The van der Waals surface area contributed by atoms with Gasteiger partial charge in [0.1, 0.15) is 4.60 Å². The summed E-state index contributed by atoms with van der Waals surface area (Å²) in [5.74, 6) is 0. The second kappa shape index (κ2) is 5.21. The highest BCUT2D eigenvalue weighted by molar-refractivity contribution is 9.10. The number of nitrogens with zero attached hydrogens (tertiary/aromatic N) is 3. The van der Waals surface area contributed by atoms with Crippen LogP contribution >= 0.6 is 15.9 Å². The summed E-state index contributed by atoms with van der Waals surface area (Å²) in [4.78, 5) is 8.55. The highest BCUT2D eigenvalue weighted by atomic mass is 79.9. The molecule has 0 saturated heterocycles. The summed E-state index contributed by atoms with van der Waals surface area (Å²) in [6.07, 6.45) is 11.1. The Balaban J connectivity index is 1.64. The Bertz CT molecular complexity index is 574. The SMILES string of the molecule is CCCC1(CNCc2cnc3cnc(Br)cn23)CC1. The van der Waals surface area contributed by atoms with Crippen LogP contribution in [-0.2, 0) is 6.54 Å². The summed E-state index contributed by atoms with van der Waals surface area (Å²) in [5.41, 5.74) is 2.68. The Morgan fingerprint density at radius 2 is 2.21 bits per heavy atom. The average molecular weight is 323 g/mol. The molecular formula is C14H19BrN4. The van der Waals surface area contributed by atoms with Crippen molar-refractivity contribution in [2.24, 2.45) is 5.41 Å². The first-order valence-corrected chi connectivity index (χ1v) is 7.70. The van der Waals surface area contributed by atoms with Gasteiger partial charge in [0, 0.05) is 19.3 Å². The van der Waals surface area contributed by atoms with Crippen LogP contribution in [0.5, 0.6) is 0 Å². The summed E-state index contributed by atoms with van der Waals surface area (Å²) >= 11 is 3.40. The van der Waals surface area contributed by atoms with E-state index in [0.717, 1.165) is 23.3 Å². The Kier molecular flexibility index (Phi) is 3.58. The molecule has 102 valence electrons. The minimum absolute atomic E-state index is 0.595. The average Bonchev–Trinajstić information content (AvgIpc) is 3.04. The van der Waals surface area contributed by atoms with Gasteiger partial charge in [-0.3, -0.25) is 4.40 Å². The van der Waals surface area contributed by atoms with E-state index in [9.17, 15) is 0 Å². The molecule has 0 atom stereocenters. The molecule has 0 aliphatic heterocycles. The van der Waals surface area contributed by atoms with Gasteiger partial charge in [0.05, 0.1) is 18.1 Å². The largest absolute Gasteiger partial charge is 0.311 e. The van der Waals surface area contributed by atoms with E-state index in [-0.39, 0.29) is 0 Å². The summed E-state index contributed by atoms with van der Waals surface area (Å²) < 4.78 is 2.92. The second-order valence-electron chi connectivity index (χ2n) is 5.54. The molecule has 1 fully saturated rings. The standard InChI is InChI=1S/C14H19BrN4/c1-2-3-14(4-5-14)10-16-6-11-7-18-13-8-17-12(15)9-19(11)13/h7-9,16H,2-6,10H2,1H3. The Morgan fingerprint density at radius 3 is 2.95 bits per heavy atom. The number of hydrogen-bond donors (Lipinski definition) is 1. The molecule has 0 unspecified atom stereocenters. The second-order valence-corrected chi connectivity index (χ2v) is 6.35. The van der Waals surface area contributed by atoms with Crippen LogP contribution in [0.4, 0.5) is 0 Å². The van der Waals surface area contributed by atoms with E-state index >= 15 is 0 Å². The van der Waals surface area contributed by atoms with Gasteiger partial charge in [0.15, 0.2) is 5.65 Å². The smallest absolute Gasteiger partial charge is 0.155 e. The summed E-state index contributed by atoms with van der Waals surface area (Å²) in [6.45, 7) is 4.26. The zero-order chi connectivity index (χ0) is 13.3. The molecule has 0 spiro atoms. The number of rotatable bonds is 6. The van der Waals surface area contributed by atoms with Crippen LogP contribution < -0.4 is 5.32 Å². The van der Waals surface area contributed by atoms with Crippen molar-refractivity contribution in [3.63, 3.8) is 0 Å². The Morgan fingerprint density at radius 1 is 1.37 bits per heavy atom. The zero-order valence-corrected chi connectivity index (χ0v) is 12.8. The minimum atomic E-state index is 0.595. The molecule has 3 rings (SSSR count). The van der Waals surface area contributed by atoms with E-state index in [1.54, 1.807) is 6.20 Å². The maximum Gasteiger partial charge on any atom is 0.155 e. The number of aromatic nitrogens is 3. The number of imidazole rings is 1. The predicted molar refractivity (Wildman–Crippen MR) is 79.0 cm³/mol. The van der Waals surface area contributed by atoms with Crippen LogP contribution in [-0.4, -0.2) is 20.9 Å². The van der Waals surface area contributed by atoms with Crippen molar-refractivity contribution >= 4 is 21.6 Å². The van der Waals surface area contributed by atoms with Gasteiger partial charge in [-0.1, -0.05) is 13.3 Å². The van der Waals surface area contributed by atoms with E-state index in [1.165, 1.54) is 31.4 Å². The highest BCUT2D eigenvalue weighted by Gasteiger charge is 2.40. The fourth-order valence-electron chi connectivity index (χ4n) is 2.72. The van der Waals surface area contributed by atoms with Gasteiger partial charge in [-0.2, -0.15) is 0 Å². The molecule has 1 aliphatic carbocycles. The van der Waals surface area contributed by atoms with E-state index < -0.39 is 0 Å². The van der Waals surface area contributed by atoms with E-state index in [4.69, 9.17) is 0 Å². The van der Waals surface area contributed by atoms with Crippen LogP contribution in [0.2, 0.25) is 0 Å². The molecule has 0 aromatic carbocycles. The quantitative estimate of drug-likeness (QED) is 0.888. The predicted octanol–water partition coefficient (Wildman–Crippen LogP) is 3.16. The number of fused-ring (bicyclic) bond motifs is 1. The molecular weight excluding hydrogens is 304 g/mol. The van der Waals surface area contributed by atoms with E-state index in [1.807, 2.05) is 12.4 Å². The third kappa shape index (κ3) is 2.82. The van der Waals surface area contributed by atoms with Gasteiger partial charge < -0.3 is 5.32 Å². The molecule has 2 heterocycles. The van der Waals surface area contributed by atoms with Crippen molar-refractivity contribution in [3.8, 4) is 0 Å². The van der Waals surface area contributed by atoms with Gasteiger partial charge >= 0.3 is 0 Å². The maximum atomic E-state index is 4.37. The monoisotopic (exact) mass is 322 g/mol. The van der Waals surface area contributed by atoms with Gasteiger partial charge in [0.25, 0.3) is 0 Å². The van der Waals surface area contributed by atoms with Gasteiger partial charge in [-0.05, 0) is 40.6 Å². The number of nitrogens with one attached hydrogen (secondary N) is 1. The van der Waals surface area contributed by atoms with Gasteiger partial charge in [-0.25, -0.2) is 9.97 Å². The molecule has 2 aromatic heterocycles. The number of halogens is 1. The van der Waals surface area contributed by atoms with E-state index in [0.29, 0.717) is 5.41 Å². The minimum Gasteiger partial charge on any atom is -0.311 e. The third-order valence-electron chi connectivity index (χ3n) is 3.98. The van der Waals surface area contributed by atoms with E-state index in [2.05, 4.69) is 42.5 Å². The molecule has 2 aromatic rings. The first-order chi connectivity index (χ1) is 9.22. The van der Waals surface area contributed by atoms with Crippen molar-refractivity contribution in [1.29, 1.82) is 0 Å². The van der Waals surface area contributed by atoms with Crippen LogP contribution in [0.15, 0.2) is 23.2 Å². The molecule has 4 nitrogen and oxygen atoms in total. The van der Waals surface area contributed by atoms with Crippen LogP contribution in [0.3, 0.4) is 0 Å². The van der Waals surface area contributed by atoms with Crippen molar-refractivity contribution in [1.82, 2.24) is 19.7 Å². The first kappa shape index (κ1) is 13.1. The lowest BCUT2D eigenvalue weighted by molar-refractivity contribution is 0.419. The molecule has 19 heavy (non-hydrogen) atoms. The van der Waals surface area contributed by atoms with Crippen LogP contribution in [0.1, 0.15) is 38.3 Å². The normalized spacial score (nSPS) is 16.9. The fourth-order valence-corrected chi connectivity index (χ4v) is 3.03.